The van der Waals surface area contributed by atoms with Gasteiger partial charge in [-0.25, -0.2) is 4.39 Å². The molecule has 1 fully saturated rings. The number of rotatable bonds is 2. The summed E-state index contributed by atoms with van der Waals surface area (Å²) in [6, 6.07) is 5.47. The fourth-order valence-electron chi connectivity index (χ4n) is 2.98. The maximum atomic E-state index is 13.6. The molecular weight excluding hydrogens is 321 g/mol. The van der Waals surface area contributed by atoms with Gasteiger partial charge in [-0.2, -0.15) is 0 Å². The number of hydrogen-bond donors (Lipinski definition) is 1. The standard InChI is InChI=1S/C15H19BrFN3/c1-19-6-5-18-9-11(19)8-13-12-7-10(17)3-4-14(12)20(2)15(13)16/h3-4,7,11,18H,5-6,8-9H2,1-2H3. The molecule has 1 aliphatic rings. The molecule has 1 N–H and O–H groups in total. The molecule has 1 aromatic heterocycles. The Kier molecular flexibility index (Phi) is 3.84. The first-order valence-electron chi connectivity index (χ1n) is 6.91. The van der Waals surface area contributed by atoms with Crippen LogP contribution in [0.5, 0.6) is 0 Å². The summed E-state index contributed by atoms with van der Waals surface area (Å²) in [6.07, 6.45) is 0.922. The molecule has 2 aromatic rings. The molecule has 5 heteroatoms. The highest BCUT2D eigenvalue weighted by atomic mass is 79.9. The minimum absolute atomic E-state index is 0.174. The molecule has 1 aliphatic heterocycles. The molecular formula is C15H19BrFN3. The number of aromatic nitrogens is 1. The van der Waals surface area contributed by atoms with E-state index in [9.17, 15) is 4.39 Å². The lowest BCUT2D eigenvalue weighted by Gasteiger charge is -2.33. The van der Waals surface area contributed by atoms with Crippen LogP contribution in [0.3, 0.4) is 0 Å². The van der Waals surface area contributed by atoms with Crippen LogP contribution in [0.4, 0.5) is 4.39 Å². The van der Waals surface area contributed by atoms with Gasteiger partial charge in [0.1, 0.15) is 5.82 Å². The molecule has 0 bridgehead atoms. The summed E-state index contributed by atoms with van der Waals surface area (Å²) in [7, 11) is 4.17. The average molecular weight is 340 g/mol. The molecule has 0 amide bonds. The van der Waals surface area contributed by atoms with E-state index in [0.29, 0.717) is 6.04 Å². The number of halogens is 2. The van der Waals surface area contributed by atoms with Crippen molar-refractivity contribution in [1.29, 1.82) is 0 Å². The molecule has 0 radical (unpaired) electrons. The number of nitrogens with zero attached hydrogens (tertiary/aromatic N) is 2. The zero-order chi connectivity index (χ0) is 14.3. The second-order valence-corrected chi connectivity index (χ2v) is 6.28. The number of piperazine rings is 1. The van der Waals surface area contributed by atoms with Crippen LogP contribution in [0.15, 0.2) is 22.8 Å². The first-order valence-corrected chi connectivity index (χ1v) is 7.70. The second kappa shape index (κ2) is 5.47. The van der Waals surface area contributed by atoms with Crippen LogP contribution in [0.1, 0.15) is 5.56 Å². The minimum atomic E-state index is -0.174. The molecule has 1 saturated heterocycles. The van der Waals surface area contributed by atoms with Crippen LogP contribution < -0.4 is 5.32 Å². The number of hydrogen-bond acceptors (Lipinski definition) is 2. The van der Waals surface area contributed by atoms with Crippen molar-refractivity contribution in [2.24, 2.45) is 7.05 Å². The highest BCUT2D eigenvalue weighted by Crippen LogP contribution is 2.31. The molecule has 3 rings (SSSR count). The van der Waals surface area contributed by atoms with E-state index < -0.39 is 0 Å². The van der Waals surface area contributed by atoms with Gasteiger partial charge in [0, 0.05) is 43.6 Å². The summed E-state index contributed by atoms with van der Waals surface area (Å²) in [5.41, 5.74) is 2.27. The monoisotopic (exact) mass is 339 g/mol. The minimum Gasteiger partial charge on any atom is -0.338 e. The Morgan fingerprint density at radius 1 is 1.40 bits per heavy atom. The fourth-order valence-corrected chi connectivity index (χ4v) is 3.55. The Morgan fingerprint density at radius 3 is 2.95 bits per heavy atom. The third-order valence-electron chi connectivity index (χ3n) is 4.27. The fraction of sp³-hybridized carbons (Fsp3) is 0.467. The number of benzene rings is 1. The summed E-state index contributed by atoms with van der Waals surface area (Å²) in [5.74, 6) is -0.174. The highest BCUT2D eigenvalue weighted by Gasteiger charge is 2.23. The molecule has 1 unspecified atom stereocenters. The molecule has 1 atom stereocenters. The van der Waals surface area contributed by atoms with Gasteiger partial charge in [0.05, 0.1) is 4.60 Å². The van der Waals surface area contributed by atoms with E-state index in [-0.39, 0.29) is 5.82 Å². The van der Waals surface area contributed by atoms with Gasteiger partial charge in [-0.3, -0.25) is 0 Å². The van der Waals surface area contributed by atoms with Crippen molar-refractivity contribution in [3.63, 3.8) is 0 Å². The maximum absolute atomic E-state index is 13.6. The van der Waals surface area contributed by atoms with E-state index in [1.807, 2.05) is 13.1 Å². The third kappa shape index (κ3) is 2.38. The smallest absolute Gasteiger partial charge is 0.123 e. The van der Waals surface area contributed by atoms with Crippen LogP contribution in [-0.4, -0.2) is 42.2 Å². The van der Waals surface area contributed by atoms with Gasteiger partial charge in [0.15, 0.2) is 0 Å². The molecule has 3 nitrogen and oxygen atoms in total. The molecule has 20 heavy (non-hydrogen) atoms. The third-order valence-corrected chi connectivity index (χ3v) is 5.28. The summed E-state index contributed by atoms with van der Waals surface area (Å²) < 4.78 is 16.7. The summed E-state index contributed by atoms with van der Waals surface area (Å²) in [6.45, 7) is 3.08. The molecule has 1 aromatic carbocycles. The molecule has 0 aliphatic carbocycles. The second-order valence-electron chi connectivity index (χ2n) is 5.53. The summed E-state index contributed by atoms with van der Waals surface area (Å²) >= 11 is 3.67. The number of fused-ring (bicyclic) bond motifs is 1. The number of aryl methyl sites for hydroxylation is 1. The zero-order valence-electron chi connectivity index (χ0n) is 11.8. The first-order chi connectivity index (χ1) is 9.58. The predicted octanol–water partition coefficient (Wildman–Crippen LogP) is 2.53. The lowest BCUT2D eigenvalue weighted by atomic mass is 10.0. The highest BCUT2D eigenvalue weighted by molar-refractivity contribution is 9.10. The Balaban J connectivity index is 2.02. The van der Waals surface area contributed by atoms with Crippen LogP contribution in [0, 0.1) is 5.82 Å². The van der Waals surface area contributed by atoms with Gasteiger partial charge in [-0.05, 0) is 53.2 Å². The molecule has 0 saturated carbocycles. The quantitative estimate of drug-likeness (QED) is 0.907. The lowest BCUT2D eigenvalue weighted by Crippen LogP contribution is -2.50. The first kappa shape index (κ1) is 14.0. The number of likely N-dealkylation sites (N-methyl/N-ethyl adjacent to an activating group) is 1. The van der Waals surface area contributed by atoms with Crippen molar-refractivity contribution in [2.75, 3.05) is 26.7 Å². The Hall–Kier alpha value is -0.910. The average Bonchev–Trinajstić information content (AvgIpc) is 2.66. The van der Waals surface area contributed by atoms with Gasteiger partial charge in [0.2, 0.25) is 0 Å². The van der Waals surface area contributed by atoms with Crippen LogP contribution in [0.2, 0.25) is 0 Å². The molecule has 108 valence electrons. The van der Waals surface area contributed by atoms with E-state index in [0.717, 1.165) is 41.6 Å². The Labute approximate surface area is 126 Å². The van der Waals surface area contributed by atoms with Crippen LogP contribution >= 0.6 is 15.9 Å². The van der Waals surface area contributed by atoms with Crippen LogP contribution in [0.25, 0.3) is 10.9 Å². The zero-order valence-corrected chi connectivity index (χ0v) is 13.4. The van der Waals surface area contributed by atoms with Crippen molar-refractivity contribution >= 4 is 26.8 Å². The number of nitrogens with one attached hydrogen (secondary N) is 1. The largest absolute Gasteiger partial charge is 0.338 e. The molecule has 2 heterocycles. The van der Waals surface area contributed by atoms with E-state index in [1.165, 1.54) is 11.6 Å². The summed E-state index contributed by atoms with van der Waals surface area (Å²) in [4.78, 5) is 2.38. The van der Waals surface area contributed by atoms with Crippen molar-refractivity contribution < 1.29 is 4.39 Å². The van der Waals surface area contributed by atoms with Gasteiger partial charge in [-0.15, -0.1) is 0 Å². The lowest BCUT2D eigenvalue weighted by molar-refractivity contribution is 0.199. The maximum Gasteiger partial charge on any atom is 0.123 e. The van der Waals surface area contributed by atoms with E-state index in [2.05, 4.69) is 37.8 Å². The van der Waals surface area contributed by atoms with Crippen LogP contribution in [-0.2, 0) is 13.5 Å². The Bertz CT molecular complexity index is 638. The molecule has 0 spiro atoms. The topological polar surface area (TPSA) is 20.2 Å². The predicted molar refractivity (Wildman–Crippen MR) is 83.6 cm³/mol. The van der Waals surface area contributed by atoms with Gasteiger partial charge in [-0.1, -0.05) is 0 Å². The van der Waals surface area contributed by atoms with Gasteiger partial charge >= 0.3 is 0 Å². The SMILES string of the molecule is CN1CCNCC1Cc1c(Br)n(C)c2ccc(F)cc12. The van der Waals surface area contributed by atoms with Gasteiger partial charge in [0.25, 0.3) is 0 Å². The van der Waals surface area contributed by atoms with E-state index >= 15 is 0 Å². The normalized spacial score (nSPS) is 20.7. The van der Waals surface area contributed by atoms with E-state index in [1.54, 1.807) is 6.07 Å². The summed E-state index contributed by atoms with van der Waals surface area (Å²) in [5, 5.41) is 4.45. The van der Waals surface area contributed by atoms with Gasteiger partial charge < -0.3 is 14.8 Å². The van der Waals surface area contributed by atoms with Crippen molar-refractivity contribution in [2.45, 2.75) is 12.5 Å². The van der Waals surface area contributed by atoms with Crippen molar-refractivity contribution in [1.82, 2.24) is 14.8 Å². The van der Waals surface area contributed by atoms with Crippen molar-refractivity contribution in [3.8, 4) is 0 Å². The van der Waals surface area contributed by atoms with E-state index in [4.69, 9.17) is 0 Å². The Morgan fingerprint density at radius 2 is 2.20 bits per heavy atom. The van der Waals surface area contributed by atoms with Crippen molar-refractivity contribution in [3.05, 3.63) is 34.2 Å².